The van der Waals surface area contributed by atoms with Crippen LogP contribution in [-0.4, -0.2) is 0 Å². The van der Waals surface area contributed by atoms with Crippen molar-refractivity contribution in [1.82, 2.24) is 0 Å². The van der Waals surface area contributed by atoms with Crippen LogP contribution in [0.3, 0.4) is 0 Å². The maximum Gasteiger partial charge on any atom is 0.0463 e. The van der Waals surface area contributed by atoms with Gasteiger partial charge in [0.15, 0.2) is 0 Å². The first-order chi connectivity index (χ1) is 38.4. The molecule has 0 N–H and O–H groups in total. The van der Waals surface area contributed by atoms with Crippen LogP contribution in [0.25, 0.3) is 22.3 Å². The minimum atomic E-state index is 0.0182. The number of aryl methyl sites for hydroxylation is 2. The first kappa shape index (κ1) is 59.3. The minimum absolute atomic E-state index is 0.0182. The van der Waals surface area contributed by atoms with E-state index in [0.717, 1.165) is 48.4 Å². The fourth-order valence-electron chi connectivity index (χ4n) is 12.7. The summed E-state index contributed by atoms with van der Waals surface area (Å²) in [6, 6.07) is 61.8. The van der Waals surface area contributed by atoms with Crippen LogP contribution in [0.15, 0.2) is 158 Å². The van der Waals surface area contributed by atoms with Gasteiger partial charge in [0.25, 0.3) is 0 Å². The molecule has 2 heteroatoms. The van der Waals surface area contributed by atoms with Crippen molar-refractivity contribution >= 4 is 34.1 Å². The molecule has 0 spiro atoms. The lowest BCUT2D eigenvalue weighted by atomic mass is 9.68. The lowest BCUT2D eigenvalue weighted by molar-refractivity contribution is 0.395. The maximum atomic E-state index is 2.70. The van der Waals surface area contributed by atoms with E-state index in [1.807, 2.05) is 0 Å². The summed E-state index contributed by atoms with van der Waals surface area (Å²) in [6.45, 7) is 23.4. The average Bonchev–Trinajstić information content (AvgIpc) is 3.53. The zero-order chi connectivity index (χ0) is 55.8. The van der Waals surface area contributed by atoms with E-state index in [0.29, 0.717) is 0 Å². The highest BCUT2D eigenvalue weighted by atomic mass is 15.2. The zero-order valence-corrected chi connectivity index (χ0v) is 51.0. The number of hydrogen-bond acceptors (Lipinski definition) is 2. The number of rotatable bonds is 30. The fraction of sp³-hybridized carbons (Fsp3) is 0.455. The molecule has 79 heavy (non-hydrogen) atoms. The van der Waals surface area contributed by atoms with E-state index in [4.69, 9.17) is 0 Å². The predicted octanol–water partition coefficient (Wildman–Crippen LogP) is 24.1. The Bertz CT molecular complexity index is 2910. The summed E-state index contributed by atoms with van der Waals surface area (Å²) in [7, 11) is 0. The fourth-order valence-corrected chi connectivity index (χ4v) is 12.7. The van der Waals surface area contributed by atoms with Gasteiger partial charge in [-0.2, -0.15) is 0 Å². The summed E-state index contributed by atoms with van der Waals surface area (Å²) in [6.07, 6.45) is 27.7. The molecule has 2 nitrogen and oxygen atoms in total. The highest BCUT2D eigenvalue weighted by Crippen LogP contribution is 2.56. The summed E-state index contributed by atoms with van der Waals surface area (Å²) in [5.74, 6) is 0. The van der Waals surface area contributed by atoms with E-state index in [-0.39, 0.29) is 16.2 Å². The quantitative estimate of drug-likeness (QED) is 0.0414. The third-order valence-electron chi connectivity index (χ3n) is 18.4. The molecular weight excluding hydrogens is 953 g/mol. The van der Waals surface area contributed by atoms with Gasteiger partial charge >= 0.3 is 0 Å². The Morgan fingerprint density at radius 1 is 0.329 bits per heavy atom. The molecule has 0 bridgehead atoms. The van der Waals surface area contributed by atoms with Gasteiger partial charge in [0, 0.05) is 39.5 Å². The molecule has 7 aromatic rings. The molecule has 0 aromatic heterocycles. The number of unbranched alkanes of at least 4 members (excludes halogenated alkanes) is 12. The molecule has 0 heterocycles. The van der Waals surface area contributed by atoms with E-state index in [9.17, 15) is 0 Å². The Morgan fingerprint density at radius 2 is 0.671 bits per heavy atom. The average molecular weight is 1050 g/mol. The molecule has 8 rings (SSSR count). The first-order valence-electron chi connectivity index (χ1n) is 31.8. The number of fused-ring (bicyclic) bond motifs is 3. The van der Waals surface area contributed by atoms with Crippen LogP contribution >= 0.6 is 0 Å². The molecule has 0 saturated heterocycles. The summed E-state index contributed by atoms with van der Waals surface area (Å²) in [4.78, 5) is 4.87. The SMILES string of the molecule is CCCCCCCCC1(CCCCCCCC)c2cc(-c3ccc(N(c4ccc(CCCC)cc4)c4ccc(N(c5ccc(CCCC)cc5)c5ccc(C(C)(C)C)cc5)cc4)cc3)ccc2-c2ccc(C(C)(CC)CC)cc21. The van der Waals surface area contributed by atoms with Gasteiger partial charge in [-0.25, -0.2) is 0 Å². The van der Waals surface area contributed by atoms with Gasteiger partial charge in [-0.1, -0.05) is 238 Å². The second-order valence-corrected chi connectivity index (χ2v) is 25.0. The van der Waals surface area contributed by atoms with Gasteiger partial charge in [0.2, 0.25) is 0 Å². The van der Waals surface area contributed by atoms with Gasteiger partial charge in [0.1, 0.15) is 0 Å². The molecule has 0 atom stereocenters. The monoisotopic (exact) mass is 1050 g/mol. The molecular formula is C77H100N2. The highest BCUT2D eigenvalue weighted by molar-refractivity contribution is 5.86. The van der Waals surface area contributed by atoms with E-state index in [1.54, 1.807) is 11.1 Å². The van der Waals surface area contributed by atoms with E-state index < -0.39 is 0 Å². The number of anilines is 6. The van der Waals surface area contributed by atoms with Crippen LogP contribution in [0.4, 0.5) is 34.1 Å². The molecule has 0 fully saturated rings. The second kappa shape index (κ2) is 28.0. The van der Waals surface area contributed by atoms with E-state index in [1.165, 1.54) is 171 Å². The standard InChI is InChI=1S/C77H100N2/c1-11-17-21-23-25-27-55-77(56-28-26-24-22-18-12-2)73-57-62(37-53-71(73)72-54-40-64(58-74(72)77)76(10,15-5)16-6)61-35-45-67(46-36-61)78(65-41-31-59(32-42-65)29-19-13-3)69-49-51-70(52-50-69)79(66-43-33-60(34-44-66)30-20-14-4)68-47-38-63(39-48-68)75(7,8)9/h31-54,57-58H,11-30,55-56H2,1-10H3. The third kappa shape index (κ3) is 14.2. The van der Waals surface area contributed by atoms with Gasteiger partial charge < -0.3 is 9.80 Å². The minimum Gasteiger partial charge on any atom is -0.311 e. The molecule has 7 aromatic carbocycles. The van der Waals surface area contributed by atoms with Gasteiger partial charge in [-0.05, 0) is 197 Å². The normalized spacial score (nSPS) is 12.9. The van der Waals surface area contributed by atoms with Crippen LogP contribution in [-0.2, 0) is 29.1 Å². The summed E-state index contributed by atoms with van der Waals surface area (Å²) in [5.41, 5.74) is 21.6. The molecule has 1 aliphatic rings. The van der Waals surface area contributed by atoms with Crippen molar-refractivity contribution in [3.05, 3.63) is 191 Å². The lowest BCUT2D eigenvalue weighted by Gasteiger charge is -2.35. The number of nitrogens with zero attached hydrogens (tertiary/aromatic N) is 2. The maximum absolute atomic E-state index is 2.70. The Labute approximate surface area is 481 Å². The summed E-state index contributed by atoms with van der Waals surface area (Å²) >= 11 is 0. The molecule has 0 amide bonds. The van der Waals surface area contributed by atoms with Crippen molar-refractivity contribution in [2.75, 3.05) is 9.80 Å². The first-order valence-corrected chi connectivity index (χ1v) is 31.8. The predicted molar refractivity (Wildman–Crippen MR) is 347 cm³/mol. The van der Waals surface area contributed by atoms with Crippen molar-refractivity contribution in [1.29, 1.82) is 0 Å². The topological polar surface area (TPSA) is 6.48 Å². The van der Waals surface area contributed by atoms with Crippen LogP contribution < -0.4 is 9.80 Å². The molecule has 0 unspecified atom stereocenters. The molecule has 0 radical (unpaired) electrons. The largest absolute Gasteiger partial charge is 0.311 e. The van der Waals surface area contributed by atoms with Crippen molar-refractivity contribution in [3.63, 3.8) is 0 Å². The van der Waals surface area contributed by atoms with Gasteiger partial charge in [-0.15, -0.1) is 0 Å². The van der Waals surface area contributed by atoms with Crippen molar-refractivity contribution < 1.29 is 0 Å². The molecule has 1 aliphatic carbocycles. The summed E-state index contributed by atoms with van der Waals surface area (Å²) in [5, 5.41) is 0. The highest BCUT2D eigenvalue weighted by Gasteiger charge is 2.43. The van der Waals surface area contributed by atoms with Gasteiger partial charge in [-0.3, -0.25) is 0 Å². The Kier molecular flexibility index (Phi) is 21.0. The van der Waals surface area contributed by atoms with E-state index >= 15 is 0 Å². The third-order valence-corrected chi connectivity index (χ3v) is 18.4. The number of benzene rings is 7. The number of hydrogen-bond donors (Lipinski definition) is 0. The Hall–Kier alpha value is -5.86. The van der Waals surface area contributed by atoms with Crippen LogP contribution in [0, 0.1) is 0 Å². The Balaban J connectivity index is 1.17. The van der Waals surface area contributed by atoms with Crippen molar-refractivity contribution in [2.24, 2.45) is 0 Å². The van der Waals surface area contributed by atoms with E-state index in [2.05, 4.69) is 237 Å². The van der Waals surface area contributed by atoms with Crippen LogP contribution in [0.2, 0.25) is 0 Å². The second-order valence-electron chi connectivity index (χ2n) is 25.0. The smallest absolute Gasteiger partial charge is 0.0463 e. The summed E-state index contributed by atoms with van der Waals surface area (Å²) < 4.78 is 0. The van der Waals surface area contributed by atoms with Gasteiger partial charge in [0.05, 0.1) is 0 Å². The molecule has 418 valence electrons. The zero-order valence-electron chi connectivity index (χ0n) is 51.0. The molecule has 0 aliphatic heterocycles. The van der Waals surface area contributed by atoms with Crippen molar-refractivity contribution in [2.45, 2.75) is 227 Å². The van der Waals surface area contributed by atoms with Crippen LogP contribution in [0.5, 0.6) is 0 Å². The molecule has 0 saturated carbocycles. The Morgan fingerprint density at radius 3 is 1.09 bits per heavy atom. The van der Waals surface area contributed by atoms with Crippen molar-refractivity contribution in [3.8, 4) is 22.3 Å². The lowest BCUT2D eigenvalue weighted by Crippen LogP contribution is -2.27. The van der Waals surface area contributed by atoms with Crippen LogP contribution in [0.1, 0.15) is 231 Å².